The van der Waals surface area contributed by atoms with Crippen molar-refractivity contribution in [3.8, 4) is 0 Å². The van der Waals surface area contributed by atoms with E-state index in [-0.39, 0.29) is 0 Å². The normalized spacial score (nSPS) is 28.1. The molecule has 2 rings (SSSR count). The molecular weight excluding hydrogens is 176 g/mol. The summed E-state index contributed by atoms with van der Waals surface area (Å²) in [6, 6.07) is 0. The highest BCUT2D eigenvalue weighted by Gasteiger charge is 2.37. The molecule has 1 spiro atoms. The molecule has 2 N–H and O–H groups in total. The number of hydrogen-bond acceptors (Lipinski definition) is 3. The van der Waals surface area contributed by atoms with Gasteiger partial charge in [-0.05, 0) is 12.8 Å². The van der Waals surface area contributed by atoms with Crippen LogP contribution in [0, 0.1) is 5.41 Å². The second kappa shape index (κ2) is 4.60. The van der Waals surface area contributed by atoms with Crippen LogP contribution in [0.4, 0.5) is 0 Å². The van der Waals surface area contributed by atoms with Crippen molar-refractivity contribution in [2.45, 2.75) is 25.7 Å². The molecule has 0 aromatic heterocycles. The van der Waals surface area contributed by atoms with Gasteiger partial charge in [-0.15, -0.1) is 0 Å². The maximum Gasteiger partial charge on any atom is 0.0593 e. The summed E-state index contributed by atoms with van der Waals surface area (Å²) in [4.78, 5) is 2.48. The smallest absolute Gasteiger partial charge is 0.0593 e. The van der Waals surface area contributed by atoms with Gasteiger partial charge in [0.15, 0.2) is 0 Å². The molecule has 0 atom stereocenters. The van der Waals surface area contributed by atoms with Gasteiger partial charge in [-0.25, -0.2) is 0 Å². The third-order valence-electron chi connectivity index (χ3n) is 3.63. The van der Waals surface area contributed by atoms with E-state index in [0.717, 1.165) is 32.8 Å². The van der Waals surface area contributed by atoms with E-state index in [1.165, 1.54) is 32.2 Å². The van der Waals surface area contributed by atoms with Gasteiger partial charge < -0.3 is 10.5 Å². The van der Waals surface area contributed by atoms with E-state index in [1.807, 2.05) is 0 Å². The first-order valence-electron chi connectivity index (χ1n) is 5.85. The summed E-state index contributed by atoms with van der Waals surface area (Å²) in [5, 5.41) is 0. The summed E-state index contributed by atoms with van der Waals surface area (Å²) in [5.41, 5.74) is 6.09. The fraction of sp³-hybridized carbons (Fsp3) is 1.00. The summed E-state index contributed by atoms with van der Waals surface area (Å²) < 4.78 is 5.73. The Hall–Kier alpha value is -0.120. The topological polar surface area (TPSA) is 38.5 Å². The molecule has 82 valence electrons. The Morgan fingerprint density at radius 1 is 1.29 bits per heavy atom. The molecule has 0 radical (unpaired) electrons. The van der Waals surface area contributed by atoms with Crippen LogP contribution in [-0.2, 0) is 4.74 Å². The average Bonchev–Trinajstić information content (AvgIpc) is 2.51. The third-order valence-corrected chi connectivity index (χ3v) is 3.63. The number of nitrogens with zero attached hydrogens (tertiary/aromatic N) is 1. The van der Waals surface area contributed by atoms with E-state index >= 15 is 0 Å². The van der Waals surface area contributed by atoms with Crippen LogP contribution in [0.5, 0.6) is 0 Å². The van der Waals surface area contributed by atoms with Crippen molar-refractivity contribution in [2.75, 3.05) is 39.4 Å². The van der Waals surface area contributed by atoms with Crippen LogP contribution in [0.15, 0.2) is 0 Å². The fourth-order valence-corrected chi connectivity index (χ4v) is 2.88. The van der Waals surface area contributed by atoms with E-state index < -0.39 is 0 Å². The van der Waals surface area contributed by atoms with E-state index in [2.05, 4.69) is 4.90 Å². The monoisotopic (exact) mass is 198 g/mol. The number of ether oxygens (including phenoxy) is 1. The Morgan fingerprint density at radius 3 is 2.79 bits per heavy atom. The predicted molar refractivity (Wildman–Crippen MR) is 57.2 cm³/mol. The lowest BCUT2D eigenvalue weighted by molar-refractivity contribution is 0.0711. The zero-order valence-corrected chi connectivity index (χ0v) is 9.00. The highest BCUT2D eigenvalue weighted by Crippen LogP contribution is 2.39. The van der Waals surface area contributed by atoms with E-state index in [0.29, 0.717) is 5.41 Å². The first-order chi connectivity index (χ1) is 6.85. The Bertz CT molecular complexity index is 178. The van der Waals surface area contributed by atoms with E-state index in [4.69, 9.17) is 10.5 Å². The van der Waals surface area contributed by atoms with Crippen LogP contribution in [-0.4, -0.2) is 44.3 Å². The summed E-state index contributed by atoms with van der Waals surface area (Å²) in [5.74, 6) is 0. The lowest BCUT2D eigenvalue weighted by atomic mass is 9.87. The lowest BCUT2D eigenvalue weighted by Crippen LogP contribution is -2.39. The first kappa shape index (κ1) is 10.4. The highest BCUT2D eigenvalue weighted by molar-refractivity contribution is 4.89. The van der Waals surface area contributed by atoms with Gasteiger partial charge in [0.25, 0.3) is 0 Å². The first-order valence-corrected chi connectivity index (χ1v) is 5.85. The number of nitrogens with two attached hydrogens (primary N) is 1. The van der Waals surface area contributed by atoms with Gasteiger partial charge in [-0.2, -0.15) is 0 Å². The summed E-state index contributed by atoms with van der Waals surface area (Å²) >= 11 is 0. The molecule has 1 aliphatic carbocycles. The van der Waals surface area contributed by atoms with E-state index in [9.17, 15) is 0 Å². The Balaban J connectivity index is 1.96. The van der Waals surface area contributed by atoms with Crippen molar-refractivity contribution in [3.05, 3.63) is 0 Å². The van der Waals surface area contributed by atoms with E-state index in [1.54, 1.807) is 0 Å². The Labute approximate surface area is 86.6 Å². The molecule has 14 heavy (non-hydrogen) atoms. The minimum Gasteiger partial charge on any atom is -0.379 e. The minimum absolute atomic E-state index is 0.478. The summed E-state index contributed by atoms with van der Waals surface area (Å²) in [6.07, 6.45) is 5.49. The van der Waals surface area contributed by atoms with Gasteiger partial charge in [0.2, 0.25) is 0 Å². The largest absolute Gasteiger partial charge is 0.379 e. The fourth-order valence-electron chi connectivity index (χ4n) is 2.88. The average molecular weight is 198 g/mol. The number of hydrogen-bond donors (Lipinski definition) is 1. The molecule has 0 aromatic rings. The van der Waals surface area contributed by atoms with Crippen molar-refractivity contribution in [1.82, 2.24) is 4.90 Å². The van der Waals surface area contributed by atoms with Crippen molar-refractivity contribution in [2.24, 2.45) is 11.1 Å². The second-order valence-corrected chi connectivity index (χ2v) is 4.82. The third kappa shape index (κ3) is 2.27. The molecule has 1 aliphatic heterocycles. The van der Waals surface area contributed by atoms with Crippen molar-refractivity contribution < 1.29 is 4.74 Å². The maximum absolute atomic E-state index is 5.73. The standard InChI is InChI=1S/C11H22N2O/c12-5-6-13-7-8-14-10-11(9-13)3-1-2-4-11/h1-10,12H2. The molecule has 3 nitrogen and oxygen atoms in total. The van der Waals surface area contributed by atoms with Crippen LogP contribution in [0.1, 0.15) is 25.7 Å². The molecule has 2 fully saturated rings. The van der Waals surface area contributed by atoms with Crippen LogP contribution >= 0.6 is 0 Å². The van der Waals surface area contributed by atoms with Gasteiger partial charge in [0.1, 0.15) is 0 Å². The SMILES string of the molecule is NCCN1CCOCC2(CCCC2)C1. The number of rotatable bonds is 2. The summed E-state index contributed by atoms with van der Waals surface area (Å²) in [7, 11) is 0. The lowest BCUT2D eigenvalue weighted by Gasteiger charge is -2.31. The van der Waals surface area contributed by atoms with Crippen molar-refractivity contribution in [1.29, 1.82) is 0 Å². The molecule has 1 saturated heterocycles. The minimum atomic E-state index is 0.478. The molecular formula is C11H22N2O. The second-order valence-electron chi connectivity index (χ2n) is 4.82. The zero-order valence-electron chi connectivity index (χ0n) is 9.00. The van der Waals surface area contributed by atoms with Gasteiger partial charge in [-0.3, -0.25) is 4.90 Å². The Kier molecular flexibility index (Phi) is 3.42. The highest BCUT2D eigenvalue weighted by atomic mass is 16.5. The molecule has 0 aromatic carbocycles. The van der Waals surface area contributed by atoms with Crippen LogP contribution < -0.4 is 5.73 Å². The molecule has 3 heteroatoms. The quantitative estimate of drug-likeness (QED) is 0.714. The molecule has 0 bridgehead atoms. The Morgan fingerprint density at radius 2 is 2.07 bits per heavy atom. The van der Waals surface area contributed by atoms with Crippen LogP contribution in [0.3, 0.4) is 0 Å². The van der Waals surface area contributed by atoms with Crippen molar-refractivity contribution >= 4 is 0 Å². The zero-order chi connectivity index (χ0) is 9.86. The van der Waals surface area contributed by atoms with Crippen LogP contribution in [0.2, 0.25) is 0 Å². The molecule has 0 amide bonds. The molecule has 1 heterocycles. The van der Waals surface area contributed by atoms with Crippen LogP contribution in [0.25, 0.3) is 0 Å². The van der Waals surface area contributed by atoms with Crippen molar-refractivity contribution in [3.63, 3.8) is 0 Å². The van der Waals surface area contributed by atoms with Gasteiger partial charge in [0, 0.05) is 31.6 Å². The molecule has 0 unspecified atom stereocenters. The molecule has 2 aliphatic rings. The van der Waals surface area contributed by atoms with Gasteiger partial charge >= 0.3 is 0 Å². The maximum atomic E-state index is 5.73. The van der Waals surface area contributed by atoms with Gasteiger partial charge in [0.05, 0.1) is 13.2 Å². The summed E-state index contributed by atoms with van der Waals surface area (Å²) in [6.45, 7) is 5.96. The van der Waals surface area contributed by atoms with Gasteiger partial charge in [-0.1, -0.05) is 12.8 Å². The predicted octanol–water partition coefficient (Wildman–Crippen LogP) is 0.838. The molecule has 1 saturated carbocycles.